The minimum atomic E-state index is 0.292. The van der Waals surface area contributed by atoms with Crippen LogP contribution < -0.4 is 0 Å². The van der Waals surface area contributed by atoms with Crippen LogP contribution in [-0.4, -0.2) is 12.7 Å². The lowest BCUT2D eigenvalue weighted by atomic mass is 10.1. The highest BCUT2D eigenvalue weighted by atomic mass is 16.5. The van der Waals surface area contributed by atoms with Gasteiger partial charge in [0, 0.05) is 12.5 Å². The van der Waals surface area contributed by atoms with Gasteiger partial charge in [0.1, 0.15) is 0 Å². The molecule has 0 aromatic carbocycles. The van der Waals surface area contributed by atoms with Crippen molar-refractivity contribution in [2.45, 2.75) is 19.4 Å². The van der Waals surface area contributed by atoms with E-state index in [0.717, 1.165) is 13.0 Å². The van der Waals surface area contributed by atoms with Crippen LogP contribution in [0.25, 0.3) is 0 Å². The lowest BCUT2D eigenvalue weighted by Gasteiger charge is -2.03. The van der Waals surface area contributed by atoms with E-state index in [4.69, 9.17) is 11.2 Å². The van der Waals surface area contributed by atoms with E-state index in [1.807, 2.05) is 6.92 Å². The lowest BCUT2D eigenvalue weighted by Crippen LogP contribution is -2.07. The lowest BCUT2D eigenvalue weighted by molar-refractivity contribution is 0.115. The van der Waals surface area contributed by atoms with Gasteiger partial charge in [-0.05, 0) is 13.3 Å². The van der Waals surface area contributed by atoms with Crippen LogP contribution in [0.1, 0.15) is 13.3 Å². The minimum absolute atomic E-state index is 0.292. The molecule has 1 aliphatic rings. The fourth-order valence-electron chi connectivity index (χ4n) is 0.951. The van der Waals surface area contributed by atoms with E-state index >= 15 is 0 Å². The highest BCUT2D eigenvalue weighted by molar-refractivity contribution is 4.98. The second kappa shape index (κ2) is 2.19. The van der Waals surface area contributed by atoms with E-state index in [-0.39, 0.29) is 0 Å². The number of ether oxygens (including phenoxy) is 1. The SMILES string of the molecule is C#C[C@H]1CCO[C@H]1C. The smallest absolute Gasteiger partial charge is 0.0685 e. The van der Waals surface area contributed by atoms with Crippen LogP contribution in [0.5, 0.6) is 0 Å². The van der Waals surface area contributed by atoms with Crippen LogP contribution in [0.4, 0.5) is 0 Å². The summed E-state index contributed by atoms with van der Waals surface area (Å²) in [7, 11) is 0. The average molecular weight is 110 g/mol. The van der Waals surface area contributed by atoms with Gasteiger partial charge in [-0.1, -0.05) is 0 Å². The number of hydrogen-bond acceptors (Lipinski definition) is 1. The predicted molar refractivity (Wildman–Crippen MR) is 32.4 cm³/mol. The molecule has 1 saturated heterocycles. The predicted octanol–water partition coefficient (Wildman–Crippen LogP) is 1.04. The molecule has 1 heterocycles. The summed E-state index contributed by atoms with van der Waals surface area (Å²) < 4.78 is 5.21. The van der Waals surface area contributed by atoms with Crippen LogP contribution in [-0.2, 0) is 4.74 Å². The van der Waals surface area contributed by atoms with Gasteiger partial charge in [0.25, 0.3) is 0 Å². The third kappa shape index (κ3) is 0.850. The van der Waals surface area contributed by atoms with Crippen molar-refractivity contribution < 1.29 is 4.74 Å². The zero-order valence-corrected chi connectivity index (χ0v) is 5.05. The average Bonchev–Trinajstić information content (AvgIpc) is 2.14. The molecule has 1 heteroatoms. The molecule has 0 aromatic heterocycles. The highest BCUT2D eigenvalue weighted by Crippen LogP contribution is 2.18. The van der Waals surface area contributed by atoms with Crippen molar-refractivity contribution in [3.8, 4) is 12.3 Å². The Bertz CT molecular complexity index is 112. The molecular formula is C7H10O. The molecule has 1 aliphatic heterocycles. The van der Waals surface area contributed by atoms with Crippen LogP contribution in [0.15, 0.2) is 0 Å². The first kappa shape index (κ1) is 5.65. The third-order valence-electron chi connectivity index (χ3n) is 1.59. The molecule has 0 radical (unpaired) electrons. The van der Waals surface area contributed by atoms with E-state index in [1.54, 1.807) is 0 Å². The van der Waals surface area contributed by atoms with E-state index < -0.39 is 0 Å². The zero-order chi connectivity index (χ0) is 5.98. The fourth-order valence-corrected chi connectivity index (χ4v) is 0.951. The molecule has 0 aliphatic carbocycles. The maximum Gasteiger partial charge on any atom is 0.0685 e. The summed E-state index contributed by atoms with van der Waals surface area (Å²) in [5.74, 6) is 3.06. The topological polar surface area (TPSA) is 9.23 Å². The van der Waals surface area contributed by atoms with Crippen molar-refractivity contribution in [3.63, 3.8) is 0 Å². The van der Waals surface area contributed by atoms with Gasteiger partial charge in [-0.25, -0.2) is 0 Å². The van der Waals surface area contributed by atoms with Crippen molar-refractivity contribution in [2.75, 3.05) is 6.61 Å². The van der Waals surface area contributed by atoms with Crippen LogP contribution in [0, 0.1) is 18.3 Å². The van der Waals surface area contributed by atoms with Gasteiger partial charge in [0.05, 0.1) is 6.10 Å². The Kier molecular flexibility index (Phi) is 1.55. The number of rotatable bonds is 0. The van der Waals surface area contributed by atoms with Gasteiger partial charge >= 0.3 is 0 Å². The Hall–Kier alpha value is -0.480. The van der Waals surface area contributed by atoms with Crippen molar-refractivity contribution in [2.24, 2.45) is 5.92 Å². The van der Waals surface area contributed by atoms with Gasteiger partial charge in [0.2, 0.25) is 0 Å². The summed E-state index contributed by atoms with van der Waals surface area (Å²) in [6, 6.07) is 0. The van der Waals surface area contributed by atoms with E-state index in [9.17, 15) is 0 Å². The molecule has 0 amide bonds. The first-order valence-corrected chi connectivity index (χ1v) is 2.92. The van der Waals surface area contributed by atoms with Crippen LogP contribution >= 0.6 is 0 Å². The summed E-state index contributed by atoms with van der Waals surface area (Å²) in [4.78, 5) is 0. The van der Waals surface area contributed by atoms with E-state index in [0.29, 0.717) is 12.0 Å². The molecule has 0 N–H and O–H groups in total. The minimum Gasteiger partial charge on any atom is -0.377 e. The molecule has 0 spiro atoms. The zero-order valence-electron chi connectivity index (χ0n) is 5.05. The molecule has 1 rings (SSSR count). The van der Waals surface area contributed by atoms with Gasteiger partial charge in [-0.2, -0.15) is 0 Å². The molecule has 44 valence electrons. The molecule has 0 bridgehead atoms. The molecule has 0 aromatic rings. The third-order valence-corrected chi connectivity index (χ3v) is 1.59. The Morgan fingerprint density at radius 1 is 1.75 bits per heavy atom. The van der Waals surface area contributed by atoms with Crippen molar-refractivity contribution in [1.29, 1.82) is 0 Å². The first-order chi connectivity index (χ1) is 3.84. The summed E-state index contributed by atoms with van der Waals surface area (Å²) >= 11 is 0. The Labute approximate surface area is 50.0 Å². The van der Waals surface area contributed by atoms with Crippen LogP contribution in [0.3, 0.4) is 0 Å². The molecule has 0 saturated carbocycles. The molecular weight excluding hydrogens is 100 g/mol. The quantitative estimate of drug-likeness (QED) is 0.423. The van der Waals surface area contributed by atoms with Crippen molar-refractivity contribution in [1.82, 2.24) is 0 Å². The maximum absolute atomic E-state index is 5.21. The fraction of sp³-hybridized carbons (Fsp3) is 0.714. The Balaban J connectivity index is 2.45. The molecule has 1 fully saturated rings. The van der Waals surface area contributed by atoms with Gasteiger partial charge in [-0.15, -0.1) is 12.3 Å². The second-order valence-electron chi connectivity index (χ2n) is 2.14. The largest absolute Gasteiger partial charge is 0.377 e. The standard InChI is InChI=1S/C7H10O/c1-3-7-4-5-8-6(7)2/h1,6-7H,4-5H2,2H3/t6-,7-/m0/s1. The molecule has 0 unspecified atom stereocenters. The molecule has 2 atom stereocenters. The maximum atomic E-state index is 5.21. The Morgan fingerprint density at radius 3 is 2.75 bits per heavy atom. The van der Waals surface area contributed by atoms with Gasteiger partial charge in [0.15, 0.2) is 0 Å². The first-order valence-electron chi connectivity index (χ1n) is 2.92. The van der Waals surface area contributed by atoms with E-state index in [2.05, 4.69) is 5.92 Å². The van der Waals surface area contributed by atoms with Crippen LogP contribution in [0.2, 0.25) is 0 Å². The monoisotopic (exact) mass is 110 g/mol. The van der Waals surface area contributed by atoms with Crippen molar-refractivity contribution >= 4 is 0 Å². The summed E-state index contributed by atoms with van der Waals surface area (Å²) in [6.45, 7) is 2.87. The van der Waals surface area contributed by atoms with Crippen molar-refractivity contribution in [3.05, 3.63) is 0 Å². The molecule has 8 heavy (non-hydrogen) atoms. The second-order valence-corrected chi connectivity index (χ2v) is 2.14. The summed E-state index contributed by atoms with van der Waals surface area (Å²) in [5.41, 5.74) is 0. The van der Waals surface area contributed by atoms with Gasteiger partial charge < -0.3 is 4.74 Å². The summed E-state index contributed by atoms with van der Waals surface area (Å²) in [6.07, 6.45) is 6.53. The molecule has 1 nitrogen and oxygen atoms in total. The highest BCUT2D eigenvalue weighted by Gasteiger charge is 2.21. The van der Waals surface area contributed by atoms with Gasteiger partial charge in [-0.3, -0.25) is 0 Å². The summed E-state index contributed by atoms with van der Waals surface area (Å²) in [5, 5.41) is 0. The van der Waals surface area contributed by atoms with E-state index in [1.165, 1.54) is 0 Å². The number of terminal acetylenes is 1. The normalized spacial score (nSPS) is 37.0. The number of hydrogen-bond donors (Lipinski definition) is 0. The Morgan fingerprint density at radius 2 is 2.50 bits per heavy atom.